The van der Waals surface area contributed by atoms with Gasteiger partial charge in [0, 0.05) is 44.5 Å². The second-order valence-corrected chi connectivity index (χ2v) is 6.35. The van der Waals surface area contributed by atoms with Crippen LogP contribution in [0.3, 0.4) is 0 Å². The third kappa shape index (κ3) is 3.70. The van der Waals surface area contributed by atoms with E-state index in [0.29, 0.717) is 18.8 Å². The van der Waals surface area contributed by atoms with E-state index in [0.717, 1.165) is 18.7 Å². The number of nitrogens with zero attached hydrogens (tertiary/aromatic N) is 3. The van der Waals surface area contributed by atoms with Crippen LogP contribution in [-0.4, -0.2) is 40.1 Å². The summed E-state index contributed by atoms with van der Waals surface area (Å²) >= 11 is 5.71. The second kappa shape index (κ2) is 7.21. The number of hydrogen-bond acceptors (Lipinski definition) is 3. The maximum Gasteiger partial charge on any atom is 0.260 e. The number of aryl methyl sites for hydroxylation is 1. The van der Waals surface area contributed by atoms with Crippen LogP contribution in [0.2, 0.25) is 5.02 Å². The lowest BCUT2D eigenvalue weighted by Crippen LogP contribution is -2.42. The molecule has 0 bridgehead atoms. The van der Waals surface area contributed by atoms with Gasteiger partial charge in [0.25, 0.3) is 5.91 Å². The summed E-state index contributed by atoms with van der Waals surface area (Å²) in [5, 5.41) is -0.0206. The van der Waals surface area contributed by atoms with Gasteiger partial charge in [0.1, 0.15) is 17.4 Å². The Labute approximate surface area is 145 Å². The van der Waals surface area contributed by atoms with E-state index >= 15 is 0 Å². The molecule has 1 atom stereocenters. The van der Waals surface area contributed by atoms with Gasteiger partial charge >= 0.3 is 0 Å². The van der Waals surface area contributed by atoms with Crippen LogP contribution < -0.4 is 4.74 Å². The number of rotatable bonds is 4. The molecule has 5 nitrogen and oxygen atoms in total. The Hall–Kier alpha value is -2.08. The number of aromatic nitrogens is 2. The van der Waals surface area contributed by atoms with Crippen molar-refractivity contribution in [2.24, 2.45) is 7.05 Å². The van der Waals surface area contributed by atoms with Crippen molar-refractivity contribution in [3.05, 3.63) is 47.3 Å². The minimum atomic E-state index is -0.510. The van der Waals surface area contributed by atoms with Crippen molar-refractivity contribution >= 4 is 17.5 Å². The number of imidazole rings is 1. The van der Waals surface area contributed by atoms with Crippen molar-refractivity contribution in [2.75, 3.05) is 19.7 Å². The van der Waals surface area contributed by atoms with Gasteiger partial charge < -0.3 is 14.2 Å². The monoisotopic (exact) mass is 351 g/mol. The van der Waals surface area contributed by atoms with Crippen LogP contribution in [0, 0.1) is 5.82 Å². The maximum absolute atomic E-state index is 13.1. The number of halogens is 2. The highest BCUT2D eigenvalue weighted by Gasteiger charge is 2.27. The van der Waals surface area contributed by atoms with E-state index in [-0.39, 0.29) is 23.5 Å². The summed E-state index contributed by atoms with van der Waals surface area (Å²) in [7, 11) is 1.96. The van der Waals surface area contributed by atoms with E-state index in [4.69, 9.17) is 16.3 Å². The lowest BCUT2D eigenvalue weighted by atomic mass is 9.97. The molecule has 1 aliphatic rings. The summed E-state index contributed by atoms with van der Waals surface area (Å²) in [4.78, 5) is 18.6. The molecule has 1 aliphatic heterocycles. The zero-order valence-corrected chi connectivity index (χ0v) is 14.2. The molecule has 7 heteroatoms. The first-order valence-corrected chi connectivity index (χ1v) is 8.25. The van der Waals surface area contributed by atoms with Crippen LogP contribution in [0.4, 0.5) is 4.39 Å². The zero-order valence-electron chi connectivity index (χ0n) is 13.4. The summed E-state index contributed by atoms with van der Waals surface area (Å²) < 4.78 is 20.6. The van der Waals surface area contributed by atoms with E-state index in [2.05, 4.69) is 4.98 Å². The van der Waals surface area contributed by atoms with Gasteiger partial charge in [0.15, 0.2) is 6.61 Å². The Morgan fingerprint density at radius 2 is 2.33 bits per heavy atom. The summed E-state index contributed by atoms with van der Waals surface area (Å²) in [6.45, 7) is 1.26. The molecule has 0 N–H and O–H groups in total. The van der Waals surface area contributed by atoms with Crippen LogP contribution in [0.15, 0.2) is 30.6 Å². The molecule has 3 rings (SSSR count). The van der Waals surface area contributed by atoms with Gasteiger partial charge in [-0.15, -0.1) is 0 Å². The van der Waals surface area contributed by atoms with Crippen molar-refractivity contribution < 1.29 is 13.9 Å². The zero-order chi connectivity index (χ0) is 17.1. The molecule has 1 saturated heterocycles. The predicted octanol–water partition coefficient (Wildman–Crippen LogP) is 3.00. The number of amides is 1. The SMILES string of the molecule is Cn1ccnc1C1CCCN(C(=O)COc2ccc(F)c(Cl)c2)C1. The number of benzene rings is 1. The lowest BCUT2D eigenvalue weighted by molar-refractivity contribution is -0.134. The van der Waals surface area contributed by atoms with E-state index in [9.17, 15) is 9.18 Å². The largest absolute Gasteiger partial charge is 0.484 e. The van der Waals surface area contributed by atoms with Crippen molar-refractivity contribution in [3.8, 4) is 5.75 Å². The van der Waals surface area contributed by atoms with E-state index in [1.807, 2.05) is 17.8 Å². The Morgan fingerprint density at radius 1 is 1.50 bits per heavy atom. The van der Waals surface area contributed by atoms with Crippen molar-refractivity contribution in [1.29, 1.82) is 0 Å². The van der Waals surface area contributed by atoms with Crippen LogP contribution in [0.1, 0.15) is 24.6 Å². The normalized spacial score (nSPS) is 17.8. The molecule has 0 radical (unpaired) electrons. The summed E-state index contributed by atoms with van der Waals surface area (Å²) in [5.74, 6) is 1.02. The highest BCUT2D eigenvalue weighted by molar-refractivity contribution is 6.30. The van der Waals surface area contributed by atoms with Gasteiger partial charge in [-0.3, -0.25) is 4.79 Å². The van der Waals surface area contributed by atoms with E-state index < -0.39 is 5.82 Å². The van der Waals surface area contributed by atoms with Crippen molar-refractivity contribution in [3.63, 3.8) is 0 Å². The Balaban J connectivity index is 1.58. The molecule has 2 aromatic rings. The Kier molecular flexibility index (Phi) is 5.04. The molecule has 1 amide bonds. The molecular formula is C17H19ClFN3O2. The fraction of sp³-hybridized carbons (Fsp3) is 0.412. The maximum atomic E-state index is 13.1. The van der Waals surface area contributed by atoms with Crippen LogP contribution in [-0.2, 0) is 11.8 Å². The minimum Gasteiger partial charge on any atom is -0.484 e. The first-order chi connectivity index (χ1) is 11.5. The topological polar surface area (TPSA) is 47.4 Å². The fourth-order valence-electron chi connectivity index (χ4n) is 2.99. The molecule has 1 unspecified atom stereocenters. The van der Waals surface area contributed by atoms with Gasteiger partial charge in [-0.2, -0.15) is 0 Å². The standard InChI is InChI=1S/C17H19ClFN3O2/c1-21-8-6-20-17(21)12-3-2-7-22(10-12)16(23)11-24-13-4-5-15(19)14(18)9-13/h4-6,8-9,12H,2-3,7,10-11H2,1H3. The number of carbonyl (C=O) groups excluding carboxylic acids is 1. The quantitative estimate of drug-likeness (QED) is 0.850. The highest BCUT2D eigenvalue weighted by atomic mass is 35.5. The Morgan fingerprint density at radius 3 is 3.04 bits per heavy atom. The lowest BCUT2D eigenvalue weighted by Gasteiger charge is -2.32. The number of piperidine rings is 1. The fourth-order valence-corrected chi connectivity index (χ4v) is 3.16. The smallest absolute Gasteiger partial charge is 0.260 e. The highest BCUT2D eigenvalue weighted by Crippen LogP contribution is 2.26. The van der Waals surface area contributed by atoms with Gasteiger partial charge in [0.05, 0.1) is 5.02 Å². The molecule has 128 valence electrons. The number of likely N-dealkylation sites (tertiary alicyclic amines) is 1. The molecule has 24 heavy (non-hydrogen) atoms. The molecular weight excluding hydrogens is 333 g/mol. The number of carbonyl (C=O) groups is 1. The number of hydrogen-bond donors (Lipinski definition) is 0. The molecule has 1 fully saturated rings. The third-order valence-corrected chi connectivity index (χ3v) is 4.54. The van der Waals surface area contributed by atoms with Gasteiger partial charge in [-0.1, -0.05) is 11.6 Å². The van der Waals surface area contributed by atoms with Gasteiger partial charge in [-0.25, -0.2) is 9.37 Å². The molecule has 1 aromatic heterocycles. The average Bonchev–Trinajstić information content (AvgIpc) is 3.02. The second-order valence-electron chi connectivity index (χ2n) is 5.94. The predicted molar refractivity (Wildman–Crippen MR) is 88.7 cm³/mol. The summed E-state index contributed by atoms with van der Waals surface area (Å²) in [6, 6.07) is 4.05. The van der Waals surface area contributed by atoms with E-state index in [1.165, 1.54) is 18.2 Å². The number of ether oxygens (including phenoxy) is 1. The molecule has 1 aromatic carbocycles. The molecule has 0 saturated carbocycles. The first kappa shape index (κ1) is 16.8. The third-order valence-electron chi connectivity index (χ3n) is 4.25. The average molecular weight is 352 g/mol. The van der Waals surface area contributed by atoms with Gasteiger partial charge in [0.2, 0.25) is 0 Å². The molecule has 0 spiro atoms. The van der Waals surface area contributed by atoms with Crippen LogP contribution in [0.25, 0.3) is 0 Å². The van der Waals surface area contributed by atoms with Crippen molar-refractivity contribution in [2.45, 2.75) is 18.8 Å². The minimum absolute atomic E-state index is 0.0206. The summed E-state index contributed by atoms with van der Waals surface area (Å²) in [5.41, 5.74) is 0. The van der Waals surface area contributed by atoms with E-state index in [1.54, 1.807) is 11.1 Å². The molecule has 0 aliphatic carbocycles. The Bertz CT molecular complexity index is 734. The van der Waals surface area contributed by atoms with Crippen LogP contribution >= 0.6 is 11.6 Å². The van der Waals surface area contributed by atoms with Crippen LogP contribution in [0.5, 0.6) is 5.75 Å². The van der Waals surface area contributed by atoms with Gasteiger partial charge in [-0.05, 0) is 25.0 Å². The molecule has 2 heterocycles. The summed E-state index contributed by atoms with van der Waals surface area (Å²) in [6.07, 6.45) is 5.64. The van der Waals surface area contributed by atoms with Crippen molar-refractivity contribution in [1.82, 2.24) is 14.5 Å². The first-order valence-electron chi connectivity index (χ1n) is 7.87.